The van der Waals surface area contributed by atoms with E-state index in [0.29, 0.717) is 60.7 Å². The van der Waals surface area contributed by atoms with Gasteiger partial charge in [0.25, 0.3) is 0 Å². The molecule has 6 rings (SSSR count). The third-order valence-electron chi connectivity index (χ3n) is 8.11. The van der Waals surface area contributed by atoms with Gasteiger partial charge >= 0.3 is 0 Å². The maximum Gasteiger partial charge on any atom is 0.228 e. The van der Waals surface area contributed by atoms with Crippen molar-refractivity contribution in [1.82, 2.24) is 34.6 Å². The summed E-state index contributed by atoms with van der Waals surface area (Å²) in [6.45, 7) is 7.02. The Hall–Kier alpha value is -3.48. The number of hydrogen-bond acceptors (Lipinski definition) is 6. The molecule has 0 spiro atoms. The molecule has 2 aliphatic heterocycles. The van der Waals surface area contributed by atoms with E-state index in [1.165, 1.54) is 21.5 Å². The van der Waals surface area contributed by atoms with Crippen molar-refractivity contribution in [2.24, 2.45) is 5.92 Å². The number of hydrogen-bond donors (Lipinski definition) is 0. The molecule has 4 aromatic rings. The van der Waals surface area contributed by atoms with E-state index in [1.807, 2.05) is 4.90 Å². The van der Waals surface area contributed by atoms with Crippen LogP contribution in [0.25, 0.3) is 11.4 Å². The Morgan fingerprint density at radius 1 is 1.00 bits per heavy atom. The molecule has 2 aromatic carbocycles. The lowest BCUT2D eigenvalue weighted by Crippen LogP contribution is -2.55. The van der Waals surface area contributed by atoms with E-state index in [2.05, 4.69) is 50.1 Å². The Morgan fingerprint density at radius 2 is 1.76 bits per heavy atom. The van der Waals surface area contributed by atoms with Crippen LogP contribution >= 0.6 is 15.9 Å². The molecule has 1 amide bonds. The number of ether oxygens (including phenoxy) is 1. The molecular formula is C29H30BrF2N7O2. The molecule has 0 saturated carbocycles. The fraction of sp³-hybridized carbons (Fsp3) is 0.379. The standard InChI is InChI=1S/C29H30BrF2N7O2/c1-29(2,25-18-39(35-34-25)26-21(30)6-5-8-23(26)32)37-13-11-36(12-14-37)28(40)20-10-15-41-27(20)19-16-33-38(17-19)24-9-4-3-7-22(24)31/h3-9,16-18,20,27H,10-15H2,1-2H3. The van der Waals surface area contributed by atoms with Gasteiger partial charge in [-0.1, -0.05) is 23.4 Å². The first-order valence-corrected chi connectivity index (χ1v) is 14.4. The lowest BCUT2D eigenvalue weighted by Gasteiger charge is -2.43. The van der Waals surface area contributed by atoms with Crippen LogP contribution in [0.15, 0.2) is 65.5 Å². The summed E-state index contributed by atoms with van der Waals surface area (Å²) in [6, 6.07) is 11.2. The minimum Gasteiger partial charge on any atom is -0.373 e. The quantitative estimate of drug-likeness (QED) is 0.310. The molecule has 41 heavy (non-hydrogen) atoms. The van der Waals surface area contributed by atoms with Crippen LogP contribution in [0, 0.1) is 17.6 Å². The van der Waals surface area contributed by atoms with Crippen LogP contribution in [-0.2, 0) is 15.1 Å². The van der Waals surface area contributed by atoms with Gasteiger partial charge < -0.3 is 9.64 Å². The largest absolute Gasteiger partial charge is 0.373 e. The summed E-state index contributed by atoms with van der Waals surface area (Å²) in [5, 5.41) is 12.9. The second-order valence-corrected chi connectivity index (χ2v) is 11.7. The number of carbonyl (C=O) groups is 1. The van der Waals surface area contributed by atoms with E-state index in [9.17, 15) is 13.6 Å². The molecule has 2 unspecified atom stereocenters. The number of para-hydroxylation sites is 2. The molecule has 4 heterocycles. The SMILES string of the molecule is CC(C)(c1cn(-c2c(F)cccc2Br)nn1)N1CCN(C(=O)C2CCOC2c2cnn(-c3ccccc3F)c2)CC1. The van der Waals surface area contributed by atoms with Crippen molar-refractivity contribution in [1.29, 1.82) is 0 Å². The summed E-state index contributed by atoms with van der Waals surface area (Å²) in [5.41, 5.74) is 1.65. The molecule has 2 saturated heterocycles. The minimum absolute atomic E-state index is 0.0546. The molecule has 2 aliphatic rings. The van der Waals surface area contributed by atoms with Crippen molar-refractivity contribution in [3.05, 3.63) is 88.4 Å². The predicted octanol–water partition coefficient (Wildman–Crippen LogP) is 4.65. The van der Waals surface area contributed by atoms with Crippen molar-refractivity contribution in [3.63, 3.8) is 0 Å². The third kappa shape index (κ3) is 5.20. The Morgan fingerprint density at radius 3 is 2.51 bits per heavy atom. The maximum absolute atomic E-state index is 14.5. The van der Waals surface area contributed by atoms with Crippen LogP contribution < -0.4 is 0 Å². The van der Waals surface area contributed by atoms with Crippen molar-refractivity contribution >= 4 is 21.8 Å². The van der Waals surface area contributed by atoms with Gasteiger partial charge in [-0.05, 0) is 60.5 Å². The van der Waals surface area contributed by atoms with Crippen LogP contribution in [0.5, 0.6) is 0 Å². The first-order valence-electron chi connectivity index (χ1n) is 13.6. The Kier molecular flexibility index (Phi) is 7.47. The number of rotatable bonds is 6. The van der Waals surface area contributed by atoms with Crippen molar-refractivity contribution in [2.45, 2.75) is 31.9 Å². The predicted molar refractivity (Wildman–Crippen MR) is 151 cm³/mol. The van der Waals surface area contributed by atoms with Gasteiger partial charge in [-0.2, -0.15) is 5.10 Å². The summed E-state index contributed by atoms with van der Waals surface area (Å²) < 4.78 is 38.2. The summed E-state index contributed by atoms with van der Waals surface area (Å²) in [7, 11) is 0. The molecule has 0 aliphatic carbocycles. The molecule has 2 atom stereocenters. The zero-order chi connectivity index (χ0) is 28.7. The normalized spacial score (nSPS) is 20.1. The smallest absolute Gasteiger partial charge is 0.228 e. The van der Waals surface area contributed by atoms with Crippen molar-refractivity contribution < 1.29 is 18.3 Å². The van der Waals surface area contributed by atoms with Gasteiger partial charge in [-0.25, -0.2) is 18.1 Å². The van der Waals surface area contributed by atoms with Gasteiger partial charge in [0.05, 0.1) is 30.0 Å². The summed E-state index contributed by atoms with van der Waals surface area (Å²) >= 11 is 3.40. The third-order valence-corrected chi connectivity index (χ3v) is 8.75. The molecular weight excluding hydrogens is 596 g/mol. The van der Waals surface area contributed by atoms with Crippen LogP contribution in [0.4, 0.5) is 8.78 Å². The second-order valence-electron chi connectivity index (χ2n) is 10.8. The molecule has 12 heteroatoms. The highest BCUT2D eigenvalue weighted by atomic mass is 79.9. The fourth-order valence-corrected chi connectivity index (χ4v) is 6.19. The zero-order valence-electron chi connectivity index (χ0n) is 22.8. The second kappa shape index (κ2) is 11.1. The molecule has 214 valence electrons. The number of piperazine rings is 1. The highest BCUT2D eigenvalue weighted by molar-refractivity contribution is 9.10. The van der Waals surface area contributed by atoms with E-state index in [1.54, 1.807) is 48.9 Å². The van der Waals surface area contributed by atoms with Gasteiger partial charge in [-0.3, -0.25) is 9.69 Å². The average Bonchev–Trinajstić information content (AvgIpc) is 3.74. The van der Waals surface area contributed by atoms with Gasteiger partial charge in [0.2, 0.25) is 5.91 Å². The Balaban J connectivity index is 1.11. The number of aromatic nitrogens is 5. The van der Waals surface area contributed by atoms with Gasteiger partial charge in [-0.15, -0.1) is 5.10 Å². The fourth-order valence-electron chi connectivity index (χ4n) is 5.67. The van der Waals surface area contributed by atoms with E-state index >= 15 is 0 Å². The number of amides is 1. The number of carbonyl (C=O) groups excluding carboxylic acids is 1. The molecule has 0 radical (unpaired) electrons. The molecule has 0 bridgehead atoms. The van der Waals surface area contributed by atoms with Crippen LogP contribution in [0.3, 0.4) is 0 Å². The van der Waals surface area contributed by atoms with Gasteiger partial charge in [0.1, 0.15) is 28.7 Å². The highest BCUT2D eigenvalue weighted by Crippen LogP contribution is 2.37. The number of halogens is 3. The lowest BCUT2D eigenvalue weighted by atomic mass is 9.94. The van der Waals surface area contributed by atoms with Crippen molar-refractivity contribution in [3.8, 4) is 11.4 Å². The van der Waals surface area contributed by atoms with Crippen LogP contribution in [0.2, 0.25) is 0 Å². The van der Waals surface area contributed by atoms with E-state index in [0.717, 1.165) is 5.56 Å². The lowest BCUT2D eigenvalue weighted by molar-refractivity contribution is -0.140. The number of benzene rings is 2. The van der Waals surface area contributed by atoms with E-state index < -0.39 is 17.5 Å². The Bertz CT molecular complexity index is 1540. The van der Waals surface area contributed by atoms with E-state index in [4.69, 9.17) is 4.74 Å². The minimum atomic E-state index is -0.481. The first kappa shape index (κ1) is 27.7. The summed E-state index contributed by atoms with van der Waals surface area (Å²) in [6.07, 6.45) is 5.33. The highest BCUT2D eigenvalue weighted by Gasteiger charge is 2.41. The zero-order valence-corrected chi connectivity index (χ0v) is 24.3. The molecule has 2 fully saturated rings. The molecule has 9 nitrogen and oxygen atoms in total. The van der Waals surface area contributed by atoms with E-state index in [-0.39, 0.29) is 17.6 Å². The Labute approximate surface area is 244 Å². The van der Waals surface area contributed by atoms with Crippen molar-refractivity contribution in [2.75, 3.05) is 32.8 Å². The van der Waals surface area contributed by atoms with Crippen LogP contribution in [0.1, 0.15) is 37.6 Å². The average molecular weight is 627 g/mol. The van der Waals surface area contributed by atoms with Gasteiger partial charge in [0.15, 0.2) is 0 Å². The maximum atomic E-state index is 14.5. The topological polar surface area (TPSA) is 81.3 Å². The molecule has 0 N–H and O–H groups in total. The number of nitrogens with zero attached hydrogens (tertiary/aromatic N) is 7. The van der Waals surface area contributed by atoms with Crippen LogP contribution in [-0.4, -0.2) is 73.3 Å². The monoisotopic (exact) mass is 625 g/mol. The van der Waals surface area contributed by atoms with Gasteiger partial charge in [0, 0.05) is 49.0 Å². The summed E-state index contributed by atoms with van der Waals surface area (Å²) in [5.74, 6) is -1.04. The first-order chi connectivity index (χ1) is 19.7. The summed E-state index contributed by atoms with van der Waals surface area (Å²) in [4.78, 5) is 17.8. The molecule has 2 aromatic heterocycles.